The first-order chi connectivity index (χ1) is 9.35. The fourth-order valence-electron chi connectivity index (χ4n) is 2.55. The molecule has 0 spiro atoms. The molecule has 3 N–H and O–H groups in total. The van der Waals surface area contributed by atoms with E-state index >= 15 is 0 Å². The number of nitro groups is 1. The first-order valence-corrected chi connectivity index (χ1v) is 6.55. The zero-order chi connectivity index (χ0) is 14.9. The molecule has 2 rings (SSSR count). The third-order valence-electron chi connectivity index (χ3n) is 4.08. The van der Waals surface area contributed by atoms with Crippen molar-refractivity contribution in [3.05, 3.63) is 15.8 Å². The van der Waals surface area contributed by atoms with Crippen LogP contribution in [0, 0.1) is 17.0 Å². The highest BCUT2D eigenvalue weighted by atomic mass is 16.6. The molecule has 0 atom stereocenters. The molecule has 8 heteroatoms. The molecule has 1 saturated carbocycles. The minimum absolute atomic E-state index is 0.0431. The molecule has 1 aromatic rings. The van der Waals surface area contributed by atoms with Gasteiger partial charge in [0, 0.05) is 12.1 Å². The number of hydrogen-bond acceptors (Lipinski definition) is 7. The van der Waals surface area contributed by atoms with Gasteiger partial charge < -0.3 is 16.0 Å². The molecule has 20 heavy (non-hydrogen) atoms. The topological polar surface area (TPSA) is 110 Å². The summed E-state index contributed by atoms with van der Waals surface area (Å²) in [4.78, 5) is 20.6. The number of aryl methyl sites for hydroxylation is 1. The second-order valence-corrected chi connectivity index (χ2v) is 5.45. The molecule has 110 valence electrons. The first-order valence-electron chi connectivity index (χ1n) is 6.55. The van der Waals surface area contributed by atoms with Gasteiger partial charge in [-0.3, -0.25) is 10.1 Å². The van der Waals surface area contributed by atoms with E-state index in [1.165, 1.54) is 6.42 Å². The Labute approximate surface area is 117 Å². The molecular formula is C12H20N6O2. The van der Waals surface area contributed by atoms with Crippen molar-refractivity contribution in [3.63, 3.8) is 0 Å². The SMILES string of the molecule is Cc1nc(N)nc(NCC2(N(C)C)CCC2)c1[N+](=O)[O-]. The molecule has 0 bridgehead atoms. The molecular weight excluding hydrogens is 260 g/mol. The van der Waals surface area contributed by atoms with E-state index in [4.69, 9.17) is 5.73 Å². The highest BCUT2D eigenvalue weighted by Crippen LogP contribution is 2.37. The van der Waals surface area contributed by atoms with E-state index in [0.29, 0.717) is 6.54 Å². The number of aromatic nitrogens is 2. The van der Waals surface area contributed by atoms with Crippen molar-refractivity contribution in [1.82, 2.24) is 14.9 Å². The lowest BCUT2D eigenvalue weighted by Gasteiger charge is -2.47. The van der Waals surface area contributed by atoms with Crippen molar-refractivity contribution in [1.29, 1.82) is 0 Å². The first kappa shape index (κ1) is 14.4. The lowest BCUT2D eigenvalue weighted by Crippen LogP contribution is -2.54. The van der Waals surface area contributed by atoms with Gasteiger partial charge in [0.15, 0.2) is 0 Å². The van der Waals surface area contributed by atoms with E-state index in [1.54, 1.807) is 6.92 Å². The number of nitrogens with zero attached hydrogens (tertiary/aromatic N) is 4. The lowest BCUT2D eigenvalue weighted by atomic mass is 9.75. The largest absolute Gasteiger partial charge is 0.368 e. The van der Waals surface area contributed by atoms with E-state index in [9.17, 15) is 10.1 Å². The Kier molecular flexibility index (Phi) is 3.76. The number of nitrogen functional groups attached to an aromatic ring is 1. The number of likely N-dealkylation sites (N-methyl/N-ethyl adjacent to an activating group) is 1. The third-order valence-corrected chi connectivity index (χ3v) is 4.08. The van der Waals surface area contributed by atoms with Crippen LogP contribution in [0.2, 0.25) is 0 Å². The Morgan fingerprint density at radius 1 is 1.45 bits per heavy atom. The zero-order valence-electron chi connectivity index (χ0n) is 12.0. The Morgan fingerprint density at radius 2 is 2.10 bits per heavy atom. The molecule has 0 radical (unpaired) electrons. The van der Waals surface area contributed by atoms with Crippen LogP contribution in [0.15, 0.2) is 0 Å². The van der Waals surface area contributed by atoms with E-state index in [2.05, 4.69) is 20.2 Å². The number of nitrogens with two attached hydrogens (primary N) is 1. The smallest absolute Gasteiger partial charge is 0.332 e. The molecule has 0 aliphatic heterocycles. The van der Waals surface area contributed by atoms with Gasteiger partial charge in [0.2, 0.25) is 11.8 Å². The van der Waals surface area contributed by atoms with Gasteiger partial charge in [-0.1, -0.05) is 0 Å². The highest BCUT2D eigenvalue weighted by molar-refractivity contribution is 5.60. The van der Waals surface area contributed by atoms with Gasteiger partial charge in [-0.25, -0.2) is 4.98 Å². The summed E-state index contributed by atoms with van der Waals surface area (Å²) >= 11 is 0. The standard InChI is InChI=1S/C12H20N6O2/c1-8-9(18(19)20)10(16-11(13)15-8)14-7-12(17(2)3)5-4-6-12/h4-7H2,1-3H3,(H3,13,14,15,16). The van der Waals surface area contributed by atoms with E-state index < -0.39 is 4.92 Å². The lowest BCUT2D eigenvalue weighted by molar-refractivity contribution is -0.385. The summed E-state index contributed by atoms with van der Waals surface area (Å²) in [7, 11) is 4.05. The summed E-state index contributed by atoms with van der Waals surface area (Å²) in [6.07, 6.45) is 3.31. The monoisotopic (exact) mass is 280 g/mol. The molecule has 1 heterocycles. The number of rotatable bonds is 5. The molecule has 0 amide bonds. The van der Waals surface area contributed by atoms with Crippen LogP contribution in [-0.2, 0) is 0 Å². The quantitative estimate of drug-likeness (QED) is 0.615. The minimum atomic E-state index is -0.472. The Balaban J connectivity index is 2.23. The second-order valence-electron chi connectivity index (χ2n) is 5.45. The average molecular weight is 280 g/mol. The third kappa shape index (κ3) is 2.51. The maximum absolute atomic E-state index is 11.1. The van der Waals surface area contributed by atoms with Gasteiger partial charge in [-0.2, -0.15) is 4.98 Å². The molecule has 1 aromatic heterocycles. The average Bonchev–Trinajstić information content (AvgIpc) is 2.25. The summed E-state index contributed by atoms with van der Waals surface area (Å²) < 4.78 is 0. The summed E-state index contributed by atoms with van der Waals surface area (Å²) in [6, 6.07) is 0. The van der Waals surface area contributed by atoms with Crippen molar-refractivity contribution < 1.29 is 4.92 Å². The highest BCUT2D eigenvalue weighted by Gasteiger charge is 2.39. The van der Waals surface area contributed by atoms with Crippen LogP contribution >= 0.6 is 0 Å². The summed E-state index contributed by atoms with van der Waals surface area (Å²) in [5.74, 6) is 0.247. The maximum atomic E-state index is 11.1. The summed E-state index contributed by atoms with van der Waals surface area (Å²) in [5, 5.41) is 14.2. The van der Waals surface area contributed by atoms with Crippen LogP contribution in [0.3, 0.4) is 0 Å². The Bertz CT molecular complexity index is 527. The van der Waals surface area contributed by atoms with Crippen LogP contribution in [0.1, 0.15) is 25.0 Å². The Hall–Kier alpha value is -1.96. The van der Waals surface area contributed by atoms with Crippen LogP contribution in [-0.4, -0.2) is 46.0 Å². The molecule has 1 aliphatic rings. The van der Waals surface area contributed by atoms with E-state index in [0.717, 1.165) is 12.8 Å². The predicted molar refractivity (Wildman–Crippen MR) is 76.6 cm³/mol. The minimum Gasteiger partial charge on any atom is -0.368 e. The van der Waals surface area contributed by atoms with Crippen molar-refractivity contribution in [2.75, 3.05) is 31.7 Å². The predicted octanol–water partition coefficient (Wildman–Crippen LogP) is 1.17. The van der Waals surface area contributed by atoms with E-state index in [1.807, 2.05) is 14.1 Å². The van der Waals surface area contributed by atoms with E-state index in [-0.39, 0.29) is 28.7 Å². The van der Waals surface area contributed by atoms with Gasteiger partial charge in [-0.05, 0) is 40.3 Å². The summed E-state index contributed by atoms with van der Waals surface area (Å²) in [5.41, 5.74) is 5.79. The molecule has 0 unspecified atom stereocenters. The molecule has 0 aromatic carbocycles. The second kappa shape index (κ2) is 5.20. The fraction of sp³-hybridized carbons (Fsp3) is 0.667. The summed E-state index contributed by atoms with van der Waals surface area (Å²) in [6.45, 7) is 2.17. The molecule has 0 saturated heterocycles. The van der Waals surface area contributed by atoms with Crippen molar-refractivity contribution in [3.8, 4) is 0 Å². The number of hydrogen-bond donors (Lipinski definition) is 2. The van der Waals surface area contributed by atoms with Gasteiger partial charge >= 0.3 is 5.69 Å². The van der Waals surface area contributed by atoms with Crippen molar-refractivity contribution in [2.24, 2.45) is 0 Å². The zero-order valence-corrected chi connectivity index (χ0v) is 12.0. The molecule has 8 nitrogen and oxygen atoms in total. The van der Waals surface area contributed by atoms with Gasteiger partial charge in [0.1, 0.15) is 5.69 Å². The van der Waals surface area contributed by atoms with Gasteiger partial charge in [0.25, 0.3) is 0 Å². The van der Waals surface area contributed by atoms with Crippen LogP contribution < -0.4 is 11.1 Å². The number of nitrogens with one attached hydrogen (secondary N) is 1. The molecule has 1 aliphatic carbocycles. The molecule has 1 fully saturated rings. The number of anilines is 2. The van der Waals surface area contributed by atoms with Gasteiger partial charge in [0.05, 0.1) is 4.92 Å². The van der Waals surface area contributed by atoms with Crippen molar-refractivity contribution in [2.45, 2.75) is 31.7 Å². The fourth-order valence-corrected chi connectivity index (χ4v) is 2.55. The van der Waals surface area contributed by atoms with Crippen LogP contribution in [0.5, 0.6) is 0 Å². The van der Waals surface area contributed by atoms with Crippen LogP contribution in [0.25, 0.3) is 0 Å². The van der Waals surface area contributed by atoms with Crippen molar-refractivity contribution >= 4 is 17.5 Å². The maximum Gasteiger partial charge on any atom is 0.332 e. The Morgan fingerprint density at radius 3 is 2.55 bits per heavy atom. The normalized spacial score (nSPS) is 16.8. The van der Waals surface area contributed by atoms with Crippen LogP contribution in [0.4, 0.5) is 17.5 Å². The van der Waals surface area contributed by atoms with Gasteiger partial charge in [-0.15, -0.1) is 0 Å².